The molecule has 5 aromatic carbocycles. The van der Waals surface area contributed by atoms with E-state index in [4.69, 9.17) is 9.97 Å². The molecule has 0 unspecified atom stereocenters. The monoisotopic (exact) mass is 492 g/mol. The van der Waals surface area contributed by atoms with Crippen LogP contribution in [-0.4, -0.2) is 19.9 Å². The van der Waals surface area contributed by atoms with Gasteiger partial charge >= 0.3 is 0 Å². The minimum absolute atomic E-state index is 0.402. The summed E-state index contributed by atoms with van der Waals surface area (Å²) in [6.07, 6.45) is 2.06. The number of fused-ring (bicyclic) bond motifs is 11. The average Bonchev–Trinajstić information content (AvgIpc) is 3.56. The van der Waals surface area contributed by atoms with Gasteiger partial charge in [0.2, 0.25) is 0 Å². The molecule has 0 bridgehead atoms. The number of aromatic amines is 2. The van der Waals surface area contributed by atoms with Crippen LogP contribution in [0.4, 0.5) is 0 Å². The molecule has 0 spiro atoms. The molecule has 2 aromatic heterocycles. The highest BCUT2D eigenvalue weighted by atomic mass is 14.9. The number of H-pyrrole nitrogens is 2. The Hall–Kier alpha value is -4.44. The number of rotatable bonds is 2. The van der Waals surface area contributed by atoms with Gasteiger partial charge in [-0.3, -0.25) is 0 Å². The van der Waals surface area contributed by atoms with Gasteiger partial charge in [0.15, 0.2) is 0 Å². The zero-order valence-electron chi connectivity index (χ0n) is 21.8. The predicted octanol–water partition coefficient (Wildman–Crippen LogP) is 8.61. The van der Waals surface area contributed by atoms with Crippen molar-refractivity contribution in [3.63, 3.8) is 0 Å². The number of imidazole rings is 2. The maximum atomic E-state index is 4.98. The van der Waals surface area contributed by atoms with Crippen LogP contribution in [0.1, 0.15) is 42.7 Å². The molecule has 0 saturated heterocycles. The van der Waals surface area contributed by atoms with Crippen molar-refractivity contribution in [2.75, 3.05) is 0 Å². The van der Waals surface area contributed by atoms with Crippen molar-refractivity contribution in [2.24, 2.45) is 0 Å². The molecule has 2 heterocycles. The molecule has 4 heteroatoms. The molecule has 8 rings (SSSR count). The molecule has 0 fully saturated rings. The van der Waals surface area contributed by atoms with Gasteiger partial charge < -0.3 is 9.97 Å². The first kappa shape index (κ1) is 21.6. The van der Waals surface area contributed by atoms with Gasteiger partial charge in [-0.05, 0) is 70.1 Å². The van der Waals surface area contributed by atoms with Gasteiger partial charge in [0.1, 0.15) is 11.6 Å². The minimum atomic E-state index is 0.402. The normalized spacial score (nSPS) is 13.2. The lowest BCUT2D eigenvalue weighted by Crippen LogP contribution is -2.04. The van der Waals surface area contributed by atoms with Crippen LogP contribution >= 0.6 is 0 Å². The highest BCUT2D eigenvalue weighted by Crippen LogP contribution is 2.40. The second-order valence-corrected chi connectivity index (χ2v) is 11.0. The van der Waals surface area contributed by atoms with E-state index in [1.165, 1.54) is 60.3 Å². The first-order valence-electron chi connectivity index (χ1n) is 13.5. The molecule has 0 radical (unpaired) electrons. The molecule has 7 aromatic rings. The number of aryl methyl sites for hydroxylation is 3. The van der Waals surface area contributed by atoms with Crippen molar-refractivity contribution in [1.82, 2.24) is 19.9 Å². The van der Waals surface area contributed by atoms with Crippen LogP contribution in [-0.2, 0) is 12.8 Å². The summed E-state index contributed by atoms with van der Waals surface area (Å²) in [6, 6.07) is 26.9. The lowest BCUT2D eigenvalue weighted by molar-refractivity contribution is 0.787. The molecule has 2 N–H and O–H groups in total. The Kier molecular flexibility index (Phi) is 4.43. The summed E-state index contributed by atoms with van der Waals surface area (Å²) in [5.41, 5.74) is 9.76. The molecule has 184 valence electrons. The van der Waals surface area contributed by atoms with E-state index >= 15 is 0 Å². The predicted molar refractivity (Wildman–Crippen MR) is 158 cm³/mol. The zero-order valence-corrected chi connectivity index (χ0v) is 21.8. The summed E-state index contributed by atoms with van der Waals surface area (Å²) in [7, 11) is 0. The fraction of sp³-hybridized carbons (Fsp3) is 0.176. The highest BCUT2D eigenvalue weighted by molar-refractivity contribution is 6.23. The molecule has 0 amide bonds. The number of aromatic nitrogens is 4. The smallest absolute Gasteiger partial charge is 0.109 e. The second kappa shape index (κ2) is 7.78. The van der Waals surface area contributed by atoms with Crippen LogP contribution in [0.2, 0.25) is 0 Å². The Bertz CT molecular complexity index is 2070. The molecule has 0 saturated carbocycles. The minimum Gasteiger partial charge on any atom is -0.345 e. The molecule has 1 aliphatic carbocycles. The van der Waals surface area contributed by atoms with Crippen molar-refractivity contribution < 1.29 is 0 Å². The van der Waals surface area contributed by atoms with E-state index in [0.29, 0.717) is 5.92 Å². The van der Waals surface area contributed by atoms with E-state index in [0.717, 1.165) is 41.2 Å². The lowest BCUT2D eigenvalue weighted by atomic mass is 9.87. The third-order valence-corrected chi connectivity index (χ3v) is 8.27. The quantitative estimate of drug-likeness (QED) is 0.237. The molecular weight excluding hydrogens is 464 g/mol. The molecule has 4 nitrogen and oxygen atoms in total. The van der Waals surface area contributed by atoms with Crippen LogP contribution in [0, 0.1) is 6.92 Å². The number of nitrogens with one attached hydrogen (secondary N) is 2. The van der Waals surface area contributed by atoms with Crippen molar-refractivity contribution in [2.45, 2.75) is 39.5 Å². The topological polar surface area (TPSA) is 57.4 Å². The summed E-state index contributed by atoms with van der Waals surface area (Å²) in [6.45, 7) is 6.42. The van der Waals surface area contributed by atoms with E-state index in [2.05, 4.69) is 96.6 Å². The maximum Gasteiger partial charge on any atom is 0.109 e. The van der Waals surface area contributed by atoms with E-state index in [9.17, 15) is 0 Å². The average molecular weight is 493 g/mol. The third-order valence-electron chi connectivity index (χ3n) is 8.27. The number of benzene rings is 5. The fourth-order valence-electron chi connectivity index (χ4n) is 6.39. The van der Waals surface area contributed by atoms with Crippen LogP contribution in [0.3, 0.4) is 0 Å². The summed E-state index contributed by atoms with van der Waals surface area (Å²) in [5.74, 6) is 2.44. The maximum absolute atomic E-state index is 4.98. The van der Waals surface area contributed by atoms with E-state index < -0.39 is 0 Å². The van der Waals surface area contributed by atoms with Crippen molar-refractivity contribution >= 4 is 43.4 Å². The Morgan fingerprint density at radius 2 is 1.50 bits per heavy atom. The van der Waals surface area contributed by atoms with Crippen molar-refractivity contribution in [1.29, 1.82) is 0 Å². The molecule has 1 aliphatic rings. The van der Waals surface area contributed by atoms with Gasteiger partial charge in [-0.25, -0.2) is 9.97 Å². The summed E-state index contributed by atoms with van der Waals surface area (Å²) >= 11 is 0. The molecular formula is C34H28N4. The number of hydrogen-bond acceptors (Lipinski definition) is 2. The van der Waals surface area contributed by atoms with Crippen LogP contribution < -0.4 is 0 Å². The van der Waals surface area contributed by atoms with Crippen LogP contribution in [0.25, 0.3) is 65.7 Å². The van der Waals surface area contributed by atoms with Gasteiger partial charge in [0, 0.05) is 27.9 Å². The van der Waals surface area contributed by atoms with Gasteiger partial charge in [-0.1, -0.05) is 74.5 Å². The summed E-state index contributed by atoms with van der Waals surface area (Å²) < 4.78 is 0. The lowest BCUT2D eigenvalue weighted by Gasteiger charge is -2.18. The van der Waals surface area contributed by atoms with E-state index in [1.54, 1.807) is 0 Å². The standard InChI is InChI=1S/C34H28N4/c1-18(2)34-37-30-15-14-25-23-11-8-20(16-22(23)10-13-27(25)31(30)38-34)21-9-12-28-29(17-21)24-6-4-5-7-26(24)32-33(28)36-19(3)35-32/h4-13,16-18H,14-15H2,1-3H3,(H,35,36)(H,37,38). The Morgan fingerprint density at radius 3 is 2.34 bits per heavy atom. The molecule has 0 aliphatic heterocycles. The third kappa shape index (κ3) is 3.03. The zero-order chi connectivity index (χ0) is 25.5. The summed E-state index contributed by atoms with van der Waals surface area (Å²) in [5, 5.41) is 7.54. The Balaban J connectivity index is 1.29. The SMILES string of the molecule is Cc1nc2c3ccccc3c3cc(-c4ccc5c6c(ccc5c4)-c4nc(C(C)C)[nH]c4CC6)ccc3c2[nH]1. The molecule has 38 heavy (non-hydrogen) atoms. The Labute approximate surface area is 220 Å². The summed E-state index contributed by atoms with van der Waals surface area (Å²) in [4.78, 5) is 16.9. The van der Waals surface area contributed by atoms with E-state index in [-0.39, 0.29) is 0 Å². The largest absolute Gasteiger partial charge is 0.345 e. The molecule has 0 atom stereocenters. The highest BCUT2D eigenvalue weighted by Gasteiger charge is 2.23. The van der Waals surface area contributed by atoms with Gasteiger partial charge in [0.05, 0.1) is 16.7 Å². The van der Waals surface area contributed by atoms with Gasteiger partial charge in [-0.2, -0.15) is 0 Å². The Morgan fingerprint density at radius 1 is 0.711 bits per heavy atom. The second-order valence-electron chi connectivity index (χ2n) is 11.0. The van der Waals surface area contributed by atoms with Gasteiger partial charge in [-0.15, -0.1) is 0 Å². The van der Waals surface area contributed by atoms with Crippen LogP contribution in [0.5, 0.6) is 0 Å². The van der Waals surface area contributed by atoms with Gasteiger partial charge in [0.25, 0.3) is 0 Å². The number of nitrogens with zero attached hydrogens (tertiary/aromatic N) is 2. The van der Waals surface area contributed by atoms with Crippen LogP contribution in [0.15, 0.2) is 72.8 Å². The first-order valence-corrected chi connectivity index (χ1v) is 13.5. The van der Waals surface area contributed by atoms with Crippen molar-refractivity contribution in [3.8, 4) is 22.4 Å². The first-order chi connectivity index (χ1) is 18.5. The fourth-order valence-corrected chi connectivity index (χ4v) is 6.39. The van der Waals surface area contributed by atoms with Crippen molar-refractivity contribution in [3.05, 3.63) is 95.7 Å². The number of hydrogen-bond donors (Lipinski definition) is 2. The van der Waals surface area contributed by atoms with E-state index in [1.807, 2.05) is 6.92 Å².